The first kappa shape index (κ1) is 16.9. The Bertz CT molecular complexity index is 753. The van der Waals surface area contributed by atoms with Crippen molar-refractivity contribution in [3.8, 4) is 5.75 Å². The number of amides is 4. The molecule has 4 amide bonds. The minimum Gasteiger partial charge on any atom is -0.482 e. The lowest BCUT2D eigenvalue weighted by Gasteiger charge is -2.25. The summed E-state index contributed by atoms with van der Waals surface area (Å²) in [7, 11) is 0. The van der Waals surface area contributed by atoms with Crippen LogP contribution in [-0.2, 0) is 14.4 Å². The van der Waals surface area contributed by atoms with Crippen molar-refractivity contribution in [2.45, 2.75) is 0 Å². The van der Waals surface area contributed by atoms with E-state index in [4.69, 9.17) is 9.84 Å². The van der Waals surface area contributed by atoms with Crippen molar-refractivity contribution in [3.63, 3.8) is 0 Å². The minimum absolute atomic E-state index is 0.0307. The molecule has 24 heavy (non-hydrogen) atoms. The van der Waals surface area contributed by atoms with Gasteiger partial charge in [-0.25, -0.2) is 9.59 Å². The predicted octanol–water partition coefficient (Wildman–Crippen LogP) is 0.798. The number of ether oxygens (including phenoxy) is 1. The fraction of sp³-hybridized carbons (Fsp3) is 0.125. The summed E-state index contributed by atoms with van der Waals surface area (Å²) in [4.78, 5) is 47.1. The van der Waals surface area contributed by atoms with Gasteiger partial charge in [0.15, 0.2) is 6.61 Å². The predicted molar refractivity (Wildman–Crippen MR) is 83.0 cm³/mol. The summed E-state index contributed by atoms with van der Waals surface area (Å²) in [5, 5.41) is 10.7. The molecule has 1 saturated heterocycles. The van der Waals surface area contributed by atoms with E-state index in [-0.39, 0.29) is 17.9 Å². The number of carboxylic acids is 1. The second-order valence-corrected chi connectivity index (χ2v) is 4.78. The Morgan fingerprint density at radius 2 is 2.08 bits per heavy atom. The van der Waals surface area contributed by atoms with Gasteiger partial charge in [0.05, 0.1) is 0 Å². The summed E-state index contributed by atoms with van der Waals surface area (Å²) < 4.78 is 5.04. The topological polar surface area (TPSA) is 113 Å². The van der Waals surface area contributed by atoms with Gasteiger partial charge in [-0.15, -0.1) is 6.58 Å². The van der Waals surface area contributed by atoms with Crippen LogP contribution in [0, 0.1) is 0 Å². The maximum atomic E-state index is 12.3. The van der Waals surface area contributed by atoms with Crippen molar-refractivity contribution < 1.29 is 29.0 Å². The van der Waals surface area contributed by atoms with Crippen molar-refractivity contribution in [1.82, 2.24) is 10.2 Å². The molecule has 0 aliphatic carbocycles. The van der Waals surface area contributed by atoms with Gasteiger partial charge in [-0.05, 0) is 23.8 Å². The quantitative estimate of drug-likeness (QED) is 0.453. The molecule has 1 aromatic carbocycles. The van der Waals surface area contributed by atoms with Crippen LogP contribution in [0.5, 0.6) is 5.75 Å². The normalized spacial score (nSPS) is 16.1. The molecule has 0 atom stereocenters. The molecule has 0 spiro atoms. The number of barbiturate groups is 1. The van der Waals surface area contributed by atoms with Crippen LogP contribution < -0.4 is 10.1 Å². The molecule has 8 nitrogen and oxygen atoms in total. The fourth-order valence-corrected chi connectivity index (χ4v) is 1.99. The molecule has 0 radical (unpaired) electrons. The Morgan fingerprint density at radius 3 is 2.75 bits per heavy atom. The third-order valence-corrected chi connectivity index (χ3v) is 3.03. The molecule has 1 fully saturated rings. The molecule has 0 aromatic heterocycles. The van der Waals surface area contributed by atoms with E-state index in [9.17, 15) is 19.2 Å². The van der Waals surface area contributed by atoms with Crippen molar-refractivity contribution >= 4 is 29.9 Å². The zero-order valence-corrected chi connectivity index (χ0v) is 12.5. The number of carbonyl (C=O) groups is 4. The molecule has 1 heterocycles. The van der Waals surface area contributed by atoms with Crippen molar-refractivity contribution in [2.24, 2.45) is 0 Å². The van der Waals surface area contributed by atoms with Crippen LogP contribution in [0.2, 0.25) is 0 Å². The molecule has 0 saturated carbocycles. The molecule has 1 aliphatic heterocycles. The monoisotopic (exact) mass is 330 g/mol. The molecule has 0 unspecified atom stereocenters. The van der Waals surface area contributed by atoms with Gasteiger partial charge in [-0.1, -0.05) is 18.2 Å². The van der Waals surface area contributed by atoms with E-state index in [1.54, 1.807) is 18.2 Å². The van der Waals surface area contributed by atoms with Gasteiger partial charge in [0.2, 0.25) is 0 Å². The van der Waals surface area contributed by atoms with Gasteiger partial charge in [0, 0.05) is 6.54 Å². The third-order valence-electron chi connectivity index (χ3n) is 3.03. The van der Waals surface area contributed by atoms with Gasteiger partial charge in [-0.2, -0.15) is 0 Å². The molecule has 1 aliphatic rings. The van der Waals surface area contributed by atoms with Crippen LogP contribution >= 0.6 is 0 Å². The first-order chi connectivity index (χ1) is 11.4. The van der Waals surface area contributed by atoms with Gasteiger partial charge in [0.25, 0.3) is 11.8 Å². The van der Waals surface area contributed by atoms with E-state index in [1.807, 2.05) is 0 Å². The second kappa shape index (κ2) is 7.23. The molecule has 1 aromatic rings. The highest BCUT2D eigenvalue weighted by Gasteiger charge is 2.34. The smallest absolute Gasteiger partial charge is 0.341 e. The molecular weight excluding hydrogens is 316 g/mol. The first-order valence-electron chi connectivity index (χ1n) is 6.87. The summed E-state index contributed by atoms with van der Waals surface area (Å²) in [5.74, 6) is -2.39. The first-order valence-corrected chi connectivity index (χ1v) is 6.87. The molecule has 2 N–H and O–H groups in total. The highest BCUT2D eigenvalue weighted by Crippen LogP contribution is 2.18. The lowest BCUT2D eigenvalue weighted by Crippen LogP contribution is -2.54. The summed E-state index contributed by atoms with van der Waals surface area (Å²) in [5.41, 5.74) is 0.233. The molecule has 2 rings (SSSR count). The highest BCUT2D eigenvalue weighted by molar-refractivity contribution is 6.31. The fourth-order valence-electron chi connectivity index (χ4n) is 1.99. The summed E-state index contributed by atoms with van der Waals surface area (Å²) in [6.07, 6.45) is 2.67. The Kier molecular flexibility index (Phi) is 5.10. The van der Waals surface area contributed by atoms with Gasteiger partial charge >= 0.3 is 12.0 Å². The summed E-state index contributed by atoms with van der Waals surface area (Å²) in [6, 6.07) is 5.41. The van der Waals surface area contributed by atoms with Crippen molar-refractivity contribution in [2.75, 3.05) is 13.2 Å². The number of carbonyl (C=O) groups excluding carboxylic acids is 3. The van der Waals surface area contributed by atoms with Crippen molar-refractivity contribution in [1.29, 1.82) is 0 Å². The van der Waals surface area contributed by atoms with Crippen molar-refractivity contribution in [3.05, 3.63) is 48.1 Å². The standard InChI is InChI=1S/C16H14N2O6/c1-2-6-18-15(22)12(14(21)17-16(18)23)8-10-4-3-5-11(7-10)24-9-13(19)20/h2-5,7-8H,1,6,9H2,(H,19,20)(H,17,21,23)/b12-8+. The Labute approximate surface area is 137 Å². The SMILES string of the molecule is C=CCN1C(=O)NC(=O)/C(=C\c2cccc(OCC(=O)O)c2)C1=O. The average Bonchev–Trinajstić information content (AvgIpc) is 2.54. The maximum Gasteiger partial charge on any atom is 0.341 e. The lowest BCUT2D eigenvalue weighted by atomic mass is 10.1. The van der Waals surface area contributed by atoms with E-state index in [0.717, 1.165) is 4.90 Å². The summed E-state index contributed by atoms with van der Waals surface area (Å²) >= 11 is 0. The lowest BCUT2D eigenvalue weighted by molar-refractivity contribution is -0.139. The number of nitrogens with zero attached hydrogens (tertiary/aromatic N) is 1. The average molecular weight is 330 g/mol. The zero-order valence-electron chi connectivity index (χ0n) is 12.5. The number of urea groups is 1. The third kappa shape index (κ3) is 3.86. The number of imide groups is 2. The van der Waals surface area contributed by atoms with Gasteiger partial charge in [-0.3, -0.25) is 19.8 Å². The number of nitrogens with one attached hydrogen (secondary N) is 1. The van der Waals surface area contributed by atoms with Gasteiger partial charge in [0.1, 0.15) is 11.3 Å². The molecule has 124 valence electrons. The highest BCUT2D eigenvalue weighted by atomic mass is 16.5. The largest absolute Gasteiger partial charge is 0.482 e. The number of carboxylic acid groups (broad SMARTS) is 1. The number of hydrogen-bond donors (Lipinski definition) is 2. The van der Waals surface area contributed by atoms with E-state index in [1.165, 1.54) is 18.2 Å². The Balaban J connectivity index is 2.28. The number of aliphatic carboxylic acids is 1. The Morgan fingerprint density at radius 1 is 1.33 bits per heavy atom. The van der Waals surface area contributed by atoms with Crippen LogP contribution in [0.25, 0.3) is 6.08 Å². The number of benzene rings is 1. The van der Waals surface area contributed by atoms with E-state index in [2.05, 4.69) is 11.9 Å². The molecule has 0 bridgehead atoms. The van der Waals surface area contributed by atoms with Crippen LogP contribution in [-0.4, -0.2) is 47.0 Å². The van der Waals surface area contributed by atoms with Crippen LogP contribution in [0.3, 0.4) is 0 Å². The second-order valence-electron chi connectivity index (χ2n) is 4.78. The zero-order chi connectivity index (χ0) is 17.7. The van der Waals surface area contributed by atoms with Crippen LogP contribution in [0.1, 0.15) is 5.56 Å². The van der Waals surface area contributed by atoms with Crippen LogP contribution in [0.15, 0.2) is 42.5 Å². The number of hydrogen-bond acceptors (Lipinski definition) is 5. The maximum absolute atomic E-state index is 12.3. The molecular formula is C16H14N2O6. The van der Waals surface area contributed by atoms with E-state index >= 15 is 0 Å². The Hall–Kier alpha value is -3.42. The van der Waals surface area contributed by atoms with E-state index < -0.39 is 30.4 Å². The minimum atomic E-state index is -1.13. The van der Waals surface area contributed by atoms with E-state index in [0.29, 0.717) is 5.56 Å². The van der Waals surface area contributed by atoms with Gasteiger partial charge < -0.3 is 9.84 Å². The molecule has 8 heteroatoms. The van der Waals surface area contributed by atoms with Crippen LogP contribution in [0.4, 0.5) is 4.79 Å². The summed E-state index contributed by atoms with van der Waals surface area (Å²) in [6.45, 7) is 2.91. The number of rotatable bonds is 6.